The van der Waals surface area contributed by atoms with Gasteiger partial charge in [0, 0.05) is 31.5 Å². The maximum absolute atomic E-state index is 12.8. The predicted octanol–water partition coefficient (Wildman–Crippen LogP) is 1.16. The van der Waals surface area contributed by atoms with E-state index in [1.54, 1.807) is 29.2 Å². The Morgan fingerprint density at radius 2 is 1.83 bits per heavy atom. The highest BCUT2D eigenvalue weighted by Crippen LogP contribution is 2.23. The monoisotopic (exact) mass is 329 g/mol. The average molecular weight is 329 g/mol. The first-order valence-electron chi connectivity index (χ1n) is 8.05. The topological polar surface area (TPSA) is 88.1 Å². The zero-order valence-corrected chi connectivity index (χ0v) is 13.2. The summed E-state index contributed by atoms with van der Waals surface area (Å²) in [6.07, 6.45) is 1.32. The van der Waals surface area contributed by atoms with Crippen molar-refractivity contribution >= 4 is 23.5 Å². The lowest BCUT2D eigenvalue weighted by molar-refractivity contribution is -0.155. The number of esters is 1. The van der Waals surface area contributed by atoms with Gasteiger partial charge in [0.05, 0.1) is 0 Å². The van der Waals surface area contributed by atoms with E-state index in [2.05, 4.69) is 10.5 Å². The standard InChI is InChI=1S/C17H19N3O4/c21-14-9-8-13(18-19-14)17(23)24-15(12-6-2-1-3-7-12)16(22)20-10-4-5-11-20/h1-3,6-7,15H,4-5,8-11H2,(H,19,21)/t15-/m1/s1. The third-order valence-corrected chi connectivity index (χ3v) is 4.11. The Labute approximate surface area is 139 Å². The number of hydrazone groups is 1. The molecule has 1 aromatic rings. The number of rotatable bonds is 4. The second-order valence-corrected chi connectivity index (χ2v) is 5.82. The van der Waals surface area contributed by atoms with Crippen LogP contribution in [0.5, 0.6) is 0 Å². The molecule has 2 heterocycles. The summed E-state index contributed by atoms with van der Waals surface area (Å²) in [5, 5.41) is 3.73. The van der Waals surface area contributed by atoms with Gasteiger partial charge < -0.3 is 9.64 Å². The van der Waals surface area contributed by atoms with E-state index in [9.17, 15) is 14.4 Å². The predicted molar refractivity (Wildman–Crippen MR) is 85.9 cm³/mol. The summed E-state index contributed by atoms with van der Waals surface area (Å²) >= 11 is 0. The number of benzene rings is 1. The van der Waals surface area contributed by atoms with Crippen LogP contribution in [0.4, 0.5) is 0 Å². The molecule has 0 bridgehead atoms. The molecule has 1 atom stereocenters. The molecule has 1 fully saturated rings. The first-order chi connectivity index (χ1) is 11.6. The largest absolute Gasteiger partial charge is 0.443 e. The highest BCUT2D eigenvalue weighted by Gasteiger charge is 2.32. The van der Waals surface area contributed by atoms with Crippen LogP contribution < -0.4 is 5.43 Å². The summed E-state index contributed by atoms with van der Waals surface area (Å²) in [5.41, 5.74) is 3.02. The lowest BCUT2D eigenvalue weighted by Crippen LogP contribution is -2.37. The van der Waals surface area contributed by atoms with Gasteiger partial charge in [-0.2, -0.15) is 5.10 Å². The minimum absolute atomic E-state index is 0.129. The van der Waals surface area contributed by atoms with Crippen molar-refractivity contribution in [1.82, 2.24) is 10.3 Å². The van der Waals surface area contributed by atoms with Crippen LogP contribution in [0.2, 0.25) is 0 Å². The normalized spacial score (nSPS) is 18.6. The van der Waals surface area contributed by atoms with Gasteiger partial charge in [-0.3, -0.25) is 9.59 Å². The van der Waals surface area contributed by atoms with Gasteiger partial charge in [0.2, 0.25) is 12.0 Å². The minimum atomic E-state index is -0.989. The van der Waals surface area contributed by atoms with Crippen molar-refractivity contribution in [1.29, 1.82) is 0 Å². The smallest absolute Gasteiger partial charge is 0.355 e. The molecule has 2 amide bonds. The number of carbonyl (C=O) groups is 3. The molecule has 0 saturated carbocycles. The lowest BCUT2D eigenvalue weighted by Gasteiger charge is -2.24. The number of nitrogens with zero attached hydrogens (tertiary/aromatic N) is 2. The van der Waals surface area contributed by atoms with E-state index in [0.29, 0.717) is 18.7 Å². The molecule has 1 saturated heterocycles. The molecule has 0 unspecified atom stereocenters. The van der Waals surface area contributed by atoms with E-state index < -0.39 is 12.1 Å². The fourth-order valence-corrected chi connectivity index (χ4v) is 2.79. The maximum atomic E-state index is 12.8. The molecule has 126 valence electrons. The molecular weight excluding hydrogens is 310 g/mol. The van der Waals surface area contributed by atoms with Crippen LogP contribution in [0, 0.1) is 0 Å². The van der Waals surface area contributed by atoms with E-state index in [1.807, 2.05) is 6.07 Å². The first-order valence-corrected chi connectivity index (χ1v) is 8.05. The van der Waals surface area contributed by atoms with E-state index in [4.69, 9.17) is 4.74 Å². The fourth-order valence-electron chi connectivity index (χ4n) is 2.79. The zero-order chi connectivity index (χ0) is 16.9. The Bertz CT molecular complexity index is 666. The van der Waals surface area contributed by atoms with Crippen molar-refractivity contribution in [3.63, 3.8) is 0 Å². The molecule has 0 aromatic heterocycles. The van der Waals surface area contributed by atoms with Crippen molar-refractivity contribution in [2.45, 2.75) is 31.8 Å². The highest BCUT2D eigenvalue weighted by atomic mass is 16.5. The SMILES string of the molecule is O=C1CCC(C(=O)O[C@@H](C(=O)N2CCCC2)c2ccccc2)=NN1. The van der Waals surface area contributed by atoms with E-state index in [-0.39, 0.29) is 30.4 Å². The van der Waals surface area contributed by atoms with Gasteiger partial charge in [0.25, 0.3) is 5.91 Å². The number of hydrogen-bond donors (Lipinski definition) is 1. The van der Waals surface area contributed by atoms with Crippen molar-refractivity contribution in [2.75, 3.05) is 13.1 Å². The molecule has 7 nitrogen and oxygen atoms in total. The molecule has 0 aliphatic carbocycles. The minimum Gasteiger partial charge on any atom is -0.443 e. The highest BCUT2D eigenvalue weighted by molar-refractivity contribution is 6.37. The molecular formula is C17H19N3O4. The maximum Gasteiger partial charge on any atom is 0.355 e. The third-order valence-electron chi connectivity index (χ3n) is 4.11. The number of amides is 2. The average Bonchev–Trinajstić information content (AvgIpc) is 3.15. The quantitative estimate of drug-likeness (QED) is 0.840. The second kappa shape index (κ2) is 7.25. The van der Waals surface area contributed by atoms with Crippen molar-refractivity contribution < 1.29 is 19.1 Å². The van der Waals surface area contributed by atoms with Crippen LogP contribution >= 0.6 is 0 Å². The lowest BCUT2D eigenvalue weighted by atomic mass is 10.1. The van der Waals surface area contributed by atoms with Gasteiger partial charge in [-0.25, -0.2) is 10.2 Å². The summed E-state index contributed by atoms with van der Waals surface area (Å²) in [6, 6.07) is 8.95. The Morgan fingerprint density at radius 1 is 1.12 bits per heavy atom. The molecule has 1 aromatic carbocycles. The van der Waals surface area contributed by atoms with Crippen LogP contribution in [0.25, 0.3) is 0 Å². The van der Waals surface area contributed by atoms with Crippen LogP contribution in [0.15, 0.2) is 35.4 Å². The van der Waals surface area contributed by atoms with Crippen LogP contribution in [-0.2, 0) is 19.1 Å². The molecule has 2 aliphatic rings. The van der Waals surface area contributed by atoms with Crippen molar-refractivity contribution in [2.24, 2.45) is 5.10 Å². The third kappa shape index (κ3) is 3.61. The molecule has 1 N–H and O–H groups in total. The molecule has 24 heavy (non-hydrogen) atoms. The number of likely N-dealkylation sites (tertiary alicyclic amines) is 1. The summed E-state index contributed by atoms with van der Waals surface area (Å²) < 4.78 is 5.47. The summed E-state index contributed by atoms with van der Waals surface area (Å²) in [4.78, 5) is 37.9. The van der Waals surface area contributed by atoms with E-state index in [0.717, 1.165) is 12.8 Å². The number of hydrogen-bond acceptors (Lipinski definition) is 5. The molecule has 3 rings (SSSR count). The molecule has 0 spiro atoms. The van der Waals surface area contributed by atoms with Gasteiger partial charge >= 0.3 is 5.97 Å². The van der Waals surface area contributed by atoms with E-state index >= 15 is 0 Å². The van der Waals surface area contributed by atoms with Gasteiger partial charge in [0.1, 0.15) is 5.71 Å². The Balaban J connectivity index is 1.78. The molecule has 7 heteroatoms. The Hall–Kier alpha value is -2.70. The Morgan fingerprint density at radius 3 is 2.46 bits per heavy atom. The first kappa shape index (κ1) is 16.2. The van der Waals surface area contributed by atoms with Crippen LogP contribution in [-0.4, -0.2) is 41.5 Å². The molecule has 0 radical (unpaired) electrons. The Kier molecular flexibility index (Phi) is 4.88. The van der Waals surface area contributed by atoms with Gasteiger partial charge in [-0.05, 0) is 12.8 Å². The summed E-state index contributed by atoms with van der Waals surface area (Å²) in [6.45, 7) is 1.35. The number of carbonyl (C=O) groups excluding carboxylic acids is 3. The van der Waals surface area contributed by atoms with Gasteiger partial charge in [-0.1, -0.05) is 30.3 Å². The van der Waals surface area contributed by atoms with Crippen molar-refractivity contribution in [3.8, 4) is 0 Å². The van der Waals surface area contributed by atoms with Crippen molar-refractivity contribution in [3.05, 3.63) is 35.9 Å². The van der Waals surface area contributed by atoms with Crippen LogP contribution in [0.1, 0.15) is 37.4 Å². The van der Waals surface area contributed by atoms with Crippen LogP contribution in [0.3, 0.4) is 0 Å². The molecule has 2 aliphatic heterocycles. The second-order valence-electron chi connectivity index (χ2n) is 5.82. The van der Waals surface area contributed by atoms with Gasteiger partial charge in [-0.15, -0.1) is 0 Å². The zero-order valence-electron chi connectivity index (χ0n) is 13.2. The summed E-state index contributed by atoms with van der Waals surface area (Å²) in [5.74, 6) is -1.12. The number of nitrogens with one attached hydrogen (secondary N) is 1. The van der Waals surface area contributed by atoms with E-state index in [1.165, 1.54) is 0 Å². The number of ether oxygens (including phenoxy) is 1. The summed E-state index contributed by atoms with van der Waals surface area (Å²) in [7, 11) is 0. The van der Waals surface area contributed by atoms with Gasteiger partial charge in [0.15, 0.2) is 0 Å². The fraction of sp³-hybridized carbons (Fsp3) is 0.412.